The van der Waals surface area contributed by atoms with Crippen molar-refractivity contribution < 1.29 is 13.5 Å². The molecule has 0 spiro atoms. The van der Waals surface area contributed by atoms with Gasteiger partial charge in [-0.2, -0.15) is 0 Å². The van der Waals surface area contributed by atoms with E-state index in [1.807, 2.05) is 20.8 Å². The van der Waals surface area contributed by atoms with Gasteiger partial charge in [-0.1, -0.05) is 0 Å². The van der Waals surface area contributed by atoms with Crippen molar-refractivity contribution in [2.75, 3.05) is 11.9 Å². The Morgan fingerprint density at radius 3 is 2.74 bits per heavy atom. The average molecular weight is 264 g/mol. The van der Waals surface area contributed by atoms with Crippen LogP contribution in [-0.4, -0.2) is 11.6 Å². The first kappa shape index (κ1) is 13.4. The van der Waals surface area contributed by atoms with Crippen LogP contribution in [0.1, 0.15) is 24.3 Å². The number of hydrogen-bond donors (Lipinski definition) is 1. The summed E-state index contributed by atoms with van der Waals surface area (Å²) in [5.41, 5.74) is 1.53. The minimum atomic E-state index is -0.383. The molecule has 0 aliphatic heterocycles. The summed E-state index contributed by atoms with van der Waals surface area (Å²) >= 11 is 0. The highest BCUT2D eigenvalue weighted by Gasteiger charge is 2.07. The van der Waals surface area contributed by atoms with Gasteiger partial charge in [0.15, 0.2) is 11.6 Å². The Labute approximate surface area is 111 Å². The molecular weight excluding hydrogens is 247 g/mol. The Hall–Kier alpha value is -2.04. The number of benzene rings is 1. The van der Waals surface area contributed by atoms with Crippen molar-refractivity contribution in [2.45, 2.75) is 27.3 Å². The molecule has 2 rings (SSSR count). The van der Waals surface area contributed by atoms with Gasteiger partial charge in [-0.15, -0.1) is 0 Å². The van der Waals surface area contributed by atoms with Crippen LogP contribution in [-0.2, 0) is 6.54 Å². The number of aromatic nitrogens is 1. The summed E-state index contributed by atoms with van der Waals surface area (Å²) in [5.74, 6) is 1.27. The zero-order chi connectivity index (χ0) is 13.8. The molecule has 0 saturated carbocycles. The molecule has 19 heavy (non-hydrogen) atoms. The summed E-state index contributed by atoms with van der Waals surface area (Å²) in [6.45, 7) is 6.43. The minimum absolute atomic E-state index is 0.260. The molecule has 1 aromatic carbocycles. The lowest BCUT2D eigenvalue weighted by atomic mass is 10.3. The number of ether oxygens (including phenoxy) is 1. The second kappa shape index (κ2) is 5.73. The van der Waals surface area contributed by atoms with Crippen molar-refractivity contribution >= 4 is 5.69 Å². The van der Waals surface area contributed by atoms with Gasteiger partial charge < -0.3 is 14.5 Å². The molecule has 1 N–H and O–H groups in total. The number of hydrogen-bond acceptors (Lipinski definition) is 4. The van der Waals surface area contributed by atoms with Crippen LogP contribution >= 0.6 is 0 Å². The van der Waals surface area contributed by atoms with E-state index in [-0.39, 0.29) is 11.6 Å². The average Bonchev–Trinajstić information content (AvgIpc) is 2.70. The highest BCUT2D eigenvalue weighted by molar-refractivity contribution is 5.47. The molecule has 0 unspecified atom stereocenters. The molecule has 0 fully saturated rings. The van der Waals surface area contributed by atoms with E-state index in [2.05, 4.69) is 10.3 Å². The zero-order valence-corrected chi connectivity index (χ0v) is 11.3. The SMILES string of the molecule is CCOc1ccc(NCc2nc(C)c(C)o2)cc1F. The second-order valence-electron chi connectivity index (χ2n) is 4.18. The topological polar surface area (TPSA) is 47.3 Å². The van der Waals surface area contributed by atoms with Crippen LogP contribution in [0.25, 0.3) is 0 Å². The molecule has 0 atom stereocenters. The van der Waals surface area contributed by atoms with E-state index >= 15 is 0 Å². The number of oxazole rings is 1. The van der Waals surface area contributed by atoms with Crippen molar-refractivity contribution in [1.29, 1.82) is 0 Å². The molecule has 0 aliphatic rings. The molecule has 0 bridgehead atoms. The maximum absolute atomic E-state index is 13.6. The first-order valence-electron chi connectivity index (χ1n) is 6.19. The van der Waals surface area contributed by atoms with E-state index in [1.165, 1.54) is 6.07 Å². The number of halogens is 1. The fraction of sp³-hybridized carbons (Fsp3) is 0.357. The fourth-order valence-electron chi connectivity index (χ4n) is 1.68. The molecular formula is C14H17FN2O2. The maximum Gasteiger partial charge on any atom is 0.213 e. The Morgan fingerprint density at radius 1 is 1.37 bits per heavy atom. The van der Waals surface area contributed by atoms with Crippen molar-refractivity contribution in [3.63, 3.8) is 0 Å². The van der Waals surface area contributed by atoms with Crippen molar-refractivity contribution in [2.24, 2.45) is 0 Å². The van der Waals surface area contributed by atoms with Crippen molar-refractivity contribution in [1.82, 2.24) is 4.98 Å². The monoisotopic (exact) mass is 264 g/mol. The van der Waals surface area contributed by atoms with Crippen LogP contribution in [0.4, 0.5) is 10.1 Å². The van der Waals surface area contributed by atoms with Gasteiger partial charge in [0.1, 0.15) is 5.76 Å². The van der Waals surface area contributed by atoms with E-state index in [0.29, 0.717) is 24.7 Å². The van der Waals surface area contributed by atoms with E-state index in [0.717, 1.165) is 11.5 Å². The van der Waals surface area contributed by atoms with Crippen LogP contribution in [0.15, 0.2) is 22.6 Å². The third-order valence-electron chi connectivity index (χ3n) is 2.75. The van der Waals surface area contributed by atoms with E-state index in [4.69, 9.17) is 9.15 Å². The third kappa shape index (κ3) is 3.24. The summed E-state index contributed by atoms with van der Waals surface area (Å²) in [6, 6.07) is 4.76. The highest BCUT2D eigenvalue weighted by Crippen LogP contribution is 2.21. The molecule has 2 aromatic rings. The fourth-order valence-corrected chi connectivity index (χ4v) is 1.68. The molecule has 0 radical (unpaired) electrons. The van der Waals surface area contributed by atoms with Crippen LogP contribution in [0.5, 0.6) is 5.75 Å². The van der Waals surface area contributed by atoms with Crippen LogP contribution in [0.2, 0.25) is 0 Å². The summed E-state index contributed by atoms with van der Waals surface area (Å²) in [5, 5.41) is 3.06. The third-order valence-corrected chi connectivity index (χ3v) is 2.75. The molecule has 0 saturated heterocycles. The predicted molar refractivity (Wildman–Crippen MR) is 70.9 cm³/mol. The first-order valence-corrected chi connectivity index (χ1v) is 6.19. The van der Waals surface area contributed by atoms with Gasteiger partial charge in [-0.25, -0.2) is 9.37 Å². The molecule has 0 aliphatic carbocycles. The molecule has 1 heterocycles. The Morgan fingerprint density at radius 2 is 2.16 bits per heavy atom. The van der Waals surface area contributed by atoms with Gasteiger partial charge in [0.2, 0.25) is 5.89 Å². The molecule has 102 valence electrons. The Balaban J connectivity index is 2.01. The van der Waals surface area contributed by atoms with Gasteiger partial charge >= 0.3 is 0 Å². The van der Waals surface area contributed by atoms with Gasteiger partial charge in [0.05, 0.1) is 18.8 Å². The largest absolute Gasteiger partial charge is 0.491 e. The van der Waals surface area contributed by atoms with E-state index < -0.39 is 0 Å². The quantitative estimate of drug-likeness (QED) is 0.898. The lowest BCUT2D eigenvalue weighted by molar-refractivity contribution is 0.321. The molecule has 0 amide bonds. The number of rotatable bonds is 5. The van der Waals surface area contributed by atoms with Crippen molar-refractivity contribution in [3.8, 4) is 5.75 Å². The van der Waals surface area contributed by atoms with E-state index in [9.17, 15) is 4.39 Å². The Kier molecular flexibility index (Phi) is 4.04. The standard InChI is InChI=1S/C14H17FN2O2/c1-4-18-13-6-5-11(7-12(13)15)16-8-14-17-9(2)10(3)19-14/h5-7,16H,4,8H2,1-3H3. The summed E-state index contributed by atoms with van der Waals surface area (Å²) < 4.78 is 24.2. The minimum Gasteiger partial charge on any atom is -0.491 e. The van der Waals surface area contributed by atoms with Crippen molar-refractivity contribution in [3.05, 3.63) is 41.4 Å². The number of nitrogens with zero attached hydrogens (tertiary/aromatic N) is 1. The summed E-state index contributed by atoms with van der Waals surface area (Å²) in [4.78, 5) is 4.25. The maximum atomic E-state index is 13.6. The van der Waals surface area contributed by atoms with Gasteiger partial charge in [0.25, 0.3) is 0 Å². The smallest absolute Gasteiger partial charge is 0.213 e. The molecule has 1 aromatic heterocycles. The van der Waals surface area contributed by atoms with Crippen LogP contribution in [0.3, 0.4) is 0 Å². The van der Waals surface area contributed by atoms with Crippen LogP contribution in [0, 0.1) is 19.7 Å². The summed E-state index contributed by atoms with van der Waals surface area (Å²) in [7, 11) is 0. The Bertz CT molecular complexity index is 547. The van der Waals surface area contributed by atoms with Gasteiger partial charge in [0, 0.05) is 11.8 Å². The zero-order valence-electron chi connectivity index (χ0n) is 11.3. The summed E-state index contributed by atoms with van der Waals surface area (Å²) in [6.07, 6.45) is 0. The van der Waals surface area contributed by atoms with Gasteiger partial charge in [-0.05, 0) is 32.9 Å². The van der Waals surface area contributed by atoms with Crippen LogP contribution < -0.4 is 10.1 Å². The second-order valence-corrected chi connectivity index (χ2v) is 4.18. The molecule has 5 heteroatoms. The predicted octanol–water partition coefficient (Wildman–Crippen LogP) is 3.44. The molecule has 4 nitrogen and oxygen atoms in total. The van der Waals surface area contributed by atoms with Gasteiger partial charge in [-0.3, -0.25) is 0 Å². The number of nitrogens with one attached hydrogen (secondary N) is 1. The lowest BCUT2D eigenvalue weighted by Gasteiger charge is -2.07. The first-order chi connectivity index (χ1) is 9.10. The number of anilines is 1. The normalized spacial score (nSPS) is 10.5. The van der Waals surface area contributed by atoms with E-state index in [1.54, 1.807) is 12.1 Å². The highest BCUT2D eigenvalue weighted by atomic mass is 19.1. The lowest BCUT2D eigenvalue weighted by Crippen LogP contribution is -2.01. The number of aryl methyl sites for hydroxylation is 2.